The van der Waals surface area contributed by atoms with Gasteiger partial charge in [-0.1, -0.05) is 12.1 Å². The summed E-state index contributed by atoms with van der Waals surface area (Å²) in [5.74, 6) is 2.35. The van der Waals surface area contributed by atoms with Gasteiger partial charge in [-0.25, -0.2) is 14.4 Å². The molecule has 0 bridgehead atoms. The lowest BCUT2D eigenvalue weighted by molar-refractivity contribution is 0.483. The van der Waals surface area contributed by atoms with Gasteiger partial charge in [-0.05, 0) is 54.6 Å². The van der Waals surface area contributed by atoms with E-state index < -0.39 is 0 Å². The Morgan fingerprint density at radius 1 is 0.882 bits per heavy atom. The SMILES string of the molecule is Cn1c(Nc2ccc(F)cc2)nc2cc(Oc3ccnc(-c4nc5ccccc5[nH]4)c3)ccc21. The van der Waals surface area contributed by atoms with Gasteiger partial charge in [0.05, 0.1) is 22.1 Å². The number of aryl methyl sites for hydroxylation is 1. The third-order valence-electron chi connectivity index (χ3n) is 5.55. The van der Waals surface area contributed by atoms with Gasteiger partial charge in [0.15, 0.2) is 5.82 Å². The van der Waals surface area contributed by atoms with Crippen molar-refractivity contribution < 1.29 is 9.13 Å². The van der Waals surface area contributed by atoms with Crippen LogP contribution >= 0.6 is 0 Å². The van der Waals surface area contributed by atoms with Crippen molar-refractivity contribution in [3.8, 4) is 23.0 Å². The van der Waals surface area contributed by atoms with E-state index in [2.05, 4.69) is 25.3 Å². The summed E-state index contributed by atoms with van der Waals surface area (Å²) >= 11 is 0. The molecule has 0 fully saturated rings. The van der Waals surface area contributed by atoms with Crippen molar-refractivity contribution in [2.24, 2.45) is 7.05 Å². The number of hydrogen-bond acceptors (Lipinski definition) is 5. The third kappa shape index (κ3) is 3.71. The number of pyridine rings is 1. The Balaban J connectivity index is 1.27. The van der Waals surface area contributed by atoms with Crippen LogP contribution in [-0.2, 0) is 7.05 Å². The fraction of sp³-hybridized carbons (Fsp3) is 0.0385. The lowest BCUT2D eigenvalue weighted by atomic mass is 10.3. The summed E-state index contributed by atoms with van der Waals surface area (Å²) in [5, 5.41) is 3.22. The van der Waals surface area contributed by atoms with Gasteiger partial charge in [-0.15, -0.1) is 0 Å². The van der Waals surface area contributed by atoms with Crippen LogP contribution in [0.4, 0.5) is 16.0 Å². The number of hydrogen-bond donors (Lipinski definition) is 2. The number of fused-ring (bicyclic) bond motifs is 2. The molecule has 0 aliphatic carbocycles. The van der Waals surface area contributed by atoms with Crippen LogP contribution in [0.15, 0.2) is 85.1 Å². The molecule has 0 amide bonds. The van der Waals surface area contributed by atoms with Crippen LogP contribution in [0.1, 0.15) is 0 Å². The lowest BCUT2D eigenvalue weighted by Crippen LogP contribution is -1.98. The van der Waals surface area contributed by atoms with E-state index in [4.69, 9.17) is 4.74 Å². The molecule has 0 aliphatic rings. The molecule has 6 rings (SSSR count). The second kappa shape index (κ2) is 8.00. The minimum Gasteiger partial charge on any atom is -0.457 e. The molecule has 3 heterocycles. The number of nitrogens with one attached hydrogen (secondary N) is 2. The van der Waals surface area contributed by atoms with Crippen LogP contribution in [0, 0.1) is 5.82 Å². The van der Waals surface area contributed by atoms with Crippen LogP contribution in [0.5, 0.6) is 11.5 Å². The molecule has 0 saturated carbocycles. The van der Waals surface area contributed by atoms with Crippen molar-refractivity contribution in [3.05, 3.63) is 90.9 Å². The van der Waals surface area contributed by atoms with Gasteiger partial charge < -0.3 is 19.6 Å². The first kappa shape index (κ1) is 19.9. The summed E-state index contributed by atoms with van der Waals surface area (Å²) < 4.78 is 21.2. The Labute approximate surface area is 193 Å². The molecule has 166 valence electrons. The highest BCUT2D eigenvalue weighted by Gasteiger charge is 2.11. The van der Waals surface area contributed by atoms with Gasteiger partial charge >= 0.3 is 0 Å². The van der Waals surface area contributed by atoms with E-state index in [9.17, 15) is 4.39 Å². The first-order valence-electron chi connectivity index (χ1n) is 10.7. The predicted molar refractivity (Wildman–Crippen MR) is 130 cm³/mol. The number of halogens is 1. The molecule has 6 aromatic rings. The summed E-state index contributed by atoms with van der Waals surface area (Å²) in [6, 6.07) is 23.4. The first-order chi connectivity index (χ1) is 16.6. The number of aromatic nitrogens is 5. The van der Waals surface area contributed by atoms with Crippen molar-refractivity contribution in [1.29, 1.82) is 0 Å². The number of imidazole rings is 2. The molecule has 7 nitrogen and oxygen atoms in total. The van der Waals surface area contributed by atoms with Crippen LogP contribution in [0.25, 0.3) is 33.6 Å². The predicted octanol–water partition coefficient (Wildman–Crippen LogP) is 6.19. The van der Waals surface area contributed by atoms with Gasteiger partial charge in [-0.3, -0.25) is 4.98 Å². The maximum Gasteiger partial charge on any atom is 0.208 e. The molecule has 0 saturated heterocycles. The first-order valence-corrected chi connectivity index (χ1v) is 10.7. The highest BCUT2D eigenvalue weighted by Crippen LogP contribution is 2.29. The van der Waals surface area contributed by atoms with E-state index in [1.807, 2.05) is 60.1 Å². The normalized spacial score (nSPS) is 11.2. The minimum atomic E-state index is -0.281. The van der Waals surface area contributed by atoms with E-state index in [0.29, 0.717) is 29.0 Å². The van der Waals surface area contributed by atoms with Crippen LogP contribution in [0.3, 0.4) is 0 Å². The highest BCUT2D eigenvalue weighted by molar-refractivity contribution is 5.81. The second-order valence-electron chi connectivity index (χ2n) is 7.86. The van der Waals surface area contributed by atoms with Crippen molar-refractivity contribution in [3.63, 3.8) is 0 Å². The standard InChI is InChI=1S/C26H19FN6O/c1-33-24-11-10-18(14-22(24)32-26(33)29-17-8-6-16(27)7-9-17)34-19-12-13-28-23(15-19)25-30-20-4-2-3-5-21(20)31-25/h2-15H,1H3,(H,29,32)(H,30,31). The third-order valence-corrected chi connectivity index (χ3v) is 5.55. The number of ether oxygens (including phenoxy) is 1. The minimum absolute atomic E-state index is 0.281. The fourth-order valence-corrected chi connectivity index (χ4v) is 3.83. The number of aromatic amines is 1. The average Bonchev–Trinajstić information content (AvgIpc) is 3.42. The van der Waals surface area contributed by atoms with E-state index in [0.717, 1.165) is 27.8 Å². The number of para-hydroxylation sites is 2. The molecular weight excluding hydrogens is 431 g/mol. The molecule has 0 radical (unpaired) electrons. The summed E-state index contributed by atoms with van der Waals surface area (Å²) in [5.41, 5.74) is 5.00. The molecule has 2 N–H and O–H groups in total. The molecule has 0 spiro atoms. The van der Waals surface area contributed by atoms with Gasteiger partial charge in [-0.2, -0.15) is 0 Å². The van der Waals surface area contributed by atoms with E-state index in [1.165, 1.54) is 12.1 Å². The van der Waals surface area contributed by atoms with E-state index in [-0.39, 0.29) is 5.82 Å². The molecule has 0 atom stereocenters. The van der Waals surface area contributed by atoms with Crippen LogP contribution in [-0.4, -0.2) is 24.5 Å². The Morgan fingerprint density at radius 3 is 2.56 bits per heavy atom. The molecule has 0 unspecified atom stereocenters. The molecule has 3 aromatic carbocycles. The monoisotopic (exact) mass is 450 g/mol. The topological polar surface area (TPSA) is 80.7 Å². The Bertz CT molecular complexity index is 1600. The zero-order valence-electron chi connectivity index (χ0n) is 18.2. The van der Waals surface area contributed by atoms with E-state index in [1.54, 1.807) is 24.4 Å². The smallest absolute Gasteiger partial charge is 0.208 e. The summed E-state index contributed by atoms with van der Waals surface area (Å²) in [7, 11) is 1.92. The molecule has 34 heavy (non-hydrogen) atoms. The lowest BCUT2D eigenvalue weighted by Gasteiger charge is -2.07. The summed E-state index contributed by atoms with van der Waals surface area (Å²) in [6.07, 6.45) is 1.70. The quantitative estimate of drug-likeness (QED) is 0.327. The molecule has 3 aromatic heterocycles. The number of nitrogens with zero attached hydrogens (tertiary/aromatic N) is 4. The zero-order chi connectivity index (χ0) is 23.1. The number of rotatable bonds is 5. The van der Waals surface area contributed by atoms with Crippen LogP contribution in [0.2, 0.25) is 0 Å². The highest BCUT2D eigenvalue weighted by atomic mass is 19.1. The number of H-pyrrole nitrogens is 1. The molecule has 0 aliphatic heterocycles. The van der Waals surface area contributed by atoms with Crippen molar-refractivity contribution in [1.82, 2.24) is 24.5 Å². The van der Waals surface area contributed by atoms with Gasteiger partial charge in [0.1, 0.15) is 23.0 Å². The van der Waals surface area contributed by atoms with Crippen LogP contribution < -0.4 is 10.1 Å². The van der Waals surface area contributed by atoms with Gasteiger partial charge in [0.2, 0.25) is 5.95 Å². The zero-order valence-corrected chi connectivity index (χ0v) is 18.2. The maximum absolute atomic E-state index is 13.2. The van der Waals surface area contributed by atoms with Gasteiger partial charge in [0.25, 0.3) is 0 Å². The summed E-state index contributed by atoms with van der Waals surface area (Å²) in [4.78, 5) is 17.0. The molecule has 8 heteroatoms. The van der Waals surface area contributed by atoms with Gasteiger partial charge in [0, 0.05) is 31.1 Å². The van der Waals surface area contributed by atoms with E-state index >= 15 is 0 Å². The largest absolute Gasteiger partial charge is 0.457 e. The van der Waals surface area contributed by atoms with Crippen molar-refractivity contribution >= 4 is 33.7 Å². The second-order valence-corrected chi connectivity index (χ2v) is 7.86. The maximum atomic E-state index is 13.2. The fourth-order valence-electron chi connectivity index (χ4n) is 3.83. The van der Waals surface area contributed by atoms with Crippen molar-refractivity contribution in [2.45, 2.75) is 0 Å². The molecular formula is C26H19FN6O. The Kier molecular flexibility index (Phi) is 4.69. The average molecular weight is 450 g/mol. The number of benzene rings is 3. The Hall–Kier alpha value is -4.72. The Morgan fingerprint density at radius 2 is 1.71 bits per heavy atom. The summed E-state index contributed by atoms with van der Waals surface area (Å²) in [6.45, 7) is 0. The number of anilines is 2. The van der Waals surface area contributed by atoms with Crippen molar-refractivity contribution in [2.75, 3.05) is 5.32 Å².